The summed E-state index contributed by atoms with van der Waals surface area (Å²) in [5.41, 5.74) is 3.99. The molecular weight excluding hydrogens is 469 g/mol. The molecule has 0 spiro atoms. The fourth-order valence-electron chi connectivity index (χ4n) is 3.79. The van der Waals surface area contributed by atoms with Crippen molar-refractivity contribution in [3.05, 3.63) is 99.5 Å². The smallest absolute Gasteiger partial charge is 0.291 e. The van der Waals surface area contributed by atoms with E-state index in [4.69, 9.17) is 20.8 Å². The number of halogens is 2. The maximum atomic E-state index is 13.3. The molecule has 4 aromatic rings. The zero-order valence-corrected chi connectivity index (χ0v) is 20.7. The normalized spacial score (nSPS) is 11.0. The number of carbonyl (C=O) groups is 1. The van der Waals surface area contributed by atoms with Crippen LogP contribution in [-0.2, 0) is 19.6 Å². The lowest BCUT2D eigenvalue weighted by atomic mass is 10.1. The summed E-state index contributed by atoms with van der Waals surface area (Å²) in [6.07, 6.45) is 2.13. The van der Waals surface area contributed by atoms with Crippen LogP contribution in [0, 0.1) is 19.7 Å². The minimum absolute atomic E-state index is 0.176. The Morgan fingerprint density at radius 1 is 1.14 bits per heavy atom. The summed E-state index contributed by atoms with van der Waals surface area (Å²) in [7, 11) is 0. The van der Waals surface area contributed by atoms with Crippen molar-refractivity contribution in [1.82, 2.24) is 9.78 Å². The molecular formula is C27H27ClFN3O3. The second-order valence-electron chi connectivity index (χ2n) is 8.34. The van der Waals surface area contributed by atoms with Gasteiger partial charge in [-0.05, 0) is 67.8 Å². The van der Waals surface area contributed by atoms with E-state index < -0.39 is 5.82 Å². The van der Waals surface area contributed by atoms with E-state index in [9.17, 15) is 9.18 Å². The standard InChI is InChI=1S/C27H27ClFN3O3/c1-4-5-19-6-10-22(11-7-19)34-16-23-12-13-25(35-23)27(33)30-26-17(2)31-32(18(26)3)15-20-8-9-21(29)14-24(20)28/h6-14H,4-5,15-16H2,1-3H3,(H,30,33). The third-order valence-corrected chi connectivity index (χ3v) is 6.04. The Labute approximate surface area is 208 Å². The molecule has 0 atom stereocenters. The van der Waals surface area contributed by atoms with Gasteiger partial charge in [0.25, 0.3) is 5.91 Å². The number of nitrogens with one attached hydrogen (secondary N) is 1. The second kappa shape index (κ2) is 10.8. The number of rotatable bonds is 9. The first kappa shape index (κ1) is 24.5. The first-order valence-electron chi connectivity index (χ1n) is 11.4. The first-order valence-corrected chi connectivity index (χ1v) is 11.8. The second-order valence-corrected chi connectivity index (χ2v) is 8.75. The van der Waals surface area contributed by atoms with Crippen molar-refractivity contribution >= 4 is 23.2 Å². The number of aromatic nitrogens is 2. The maximum Gasteiger partial charge on any atom is 0.291 e. The fraction of sp³-hybridized carbons (Fsp3) is 0.259. The minimum Gasteiger partial charge on any atom is -0.486 e. The minimum atomic E-state index is -0.395. The number of nitrogens with zero attached hydrogens (tertiary/aromatic N) is 2. The summed E-state index contributed by atoms with van der Waals surface area (Å²) < 4.78 is 26.5. The third kappa shape index (κ3) is 5.92. The molecule has 8 heteroatoms. The van der Waals surface area contributed by atoms with Crippen molar-refractivity contribution in [3.8, 4) is 5.75 Å². The predicted octanol–water partition coefficient (Wildman–Crippen LogP) is 6.72. The van der Waals surface area contributed by atoms with Gasteiger partial charge < -0.3 is 14.5 Å². The Hall–Kier alpha value is -3.58. The Kier molecular flexibility index (Phi) is 7.56. The van der Waals surface area contributed by atoms with Crippen LogP contribution in [0.4, 0.5) is 10.1 Å². The molecule has 2 aromatic carbocycles. The average molecular weight is 496 g/mol. The molecule has 0 bridgehead atoms. The van der Waals surface area contributed by atoms with Crippen LogP contribution in [0.2, 0.25) is 5.02 Å². The van der Waals surface area contributed by atoms with Crippen LogP contribution < -0.4 is 10.1 Å². The van der Waals surface area contributed by atoms with Gasteiger partial charge in [0.15, 0.2) is 5.76 Å². The SMILES string of the molecule is CCCc1ccc(OCc2ccc(C(=O)Nc3c(C)nn(Cc4ccc(F)cc4Cl)c3C)o2)cc1. The van der Waals surface area contributed by atoms with Crippen LogP contribution in [-0.4, -0.2) is 15.7 Å². The van der Waals surface area contributed by atoms with E-state index in [-0.39, 0.29) is 18.3 Å². The van der Waals surface area contributed by atoms with Crippen molar-refractivity contribution < 1.29 is 18.3 Å². The van der Waals surface area contributed by atoms with Gasteiger partial charge in [-0.25, -0.2) is 4.39 Å². The van der Waals surface area contributed by atoms with Crippen molar-refractivity contribution in [2.24, 2.45) is 0 Å². The number of ether oxygens (including phenoxy) is 1. The number of hydrogen-bond acceptors (Lipinski definition) is 4. The number of anilines is 1. The summed E-state index contributed by atoms with van der Waals surface area (Å²) in [6.45, 7) is 6.37. The monoisotopic (exact) mass is 495 g/mol. The van der Waals surface area contributed by atoms with Crippen molar-refractivity contribution in [2.45, 2.75) is 46.8 Å². The molecule has 1 amide bonds. The highest BCUT2D eigenvalue weighted by Crippen LogP contribution is 2.24. The molecule has 2 heterocycles. The van der Waals surface area contributed by atoms with Gasteiger partial charge in [0.2, 0.25) is 0 Å². The van der Waals surface area contributed by atoms with Crippen LogP contribution in [0.3, 0.4) is 0 Å². The molecule has 0 radical (unpaired) electrons. The van der Waals surface area contributed by atoms with E-state index in [0.717, 1.165) is 29.8 Å². The molecule has 182 valence electrons. The summed E-state index contributed by atoms with van der Waals surface area (Å²) >= 11 is 6.16. The third-order valence-electron chi connectivity index (χ3n) is 5.68. The summed E-state index contributed by atoms with van der Waals surface area (Å²) in [4.78, 5) is 12.8. The lowest BCUT2D eigenvalue weighted by Crippen LogP contribution is -2.12. The number of carbonyl (C=O) groups excluding carboxylic acids is 1. The highest BCUT2D eigenvalue weighted by atomic mass is 35.5. The van der Waals surface area contributed by atoms with Gasteiger partial charge in [-0.15, -0.1) is 0 Å². The summed E-state index contributed by atoms with van der Waals surface area (Å²) in [5.74, 6) is 0.684. The zero-order chi connectivity index (χ0) is 24.9. The molecule has 35 heavy (non-hydrogen) atoms. The van der Waals surface area contributed by atoms with Crippen molar-refractivity contribution in [2.75, 3.05) is 5.32 Å². The van der Waals surface area contributed by atoms with Crippen LogP contribution >= 0.6 is 11.6 Å². The summed E-state index contributed by atoms with van der Waals surface area (Å²) in [5, 5.41) is 7.71. The van der Waals surface area contributed by atoms with Crippen molar-refractivity contribution in [3.63, 3.8) is 0 Å². The van der Waals surface area contributed by atoms with E-state index in [1.54, 1.807) is 29.8 Å². The molecule has 0 unspecified atom stereocenters. The predicted molar refractivity (Wildman–Crippen MR) is 134 cm³/mol. The Morgan fingerprint density at radius 2 is 1.91 bits per heavy atom. The van der Waals surface area contributed by atoms with Gasteiger partial charge in [-0.2, -0.15) is 5.10 Å². The van der Waals surface area contributed by atoms with Gasteiger partial charge in [-0.3, -0.25) is 9.48 Å². The Balaban J connectivity index is 1.39. The molecule has 0 saturated carbocycles. The fourth-order valence-corrected chi connectivity index (χ4v) is 4.02. The molecule has 4 rings (SSSR count). The number of furan rings is 1. The molecule has 1 N–H and O–H groups in total. The highest BCUT2D eigenvalue weighted by molar-refractivity contribution is 6.31. The maximum absolute atomic E-state index is 13.3. The molecule has 0 saturated heterocycles. The largest absolute Gasteiger partial charge is 0.486 e. The van der Waals surface area contributed by atoms with E-state index in [1.165, 1.54) is 17.7 Å². The van der Waals surface area contributed by atoms with Crippen LogP contribution in [0.15, 0.2) is 59.0 Å². The molecule has 0 aliphatic carbocycles. The van der Waals surface area contributed by atoms with Crippen LogP contribution in [0.1, 0.15) is 52.2 Å². The highest BCUT2D eigenvalue weighted by Gasteiger charge is 2.18. The number of benzene rings is 2. The van der Waals surface area contributed by atoms with E-state index in [2.05, 4.69) is 29.5 Å². The van der Waals surface area contributed by atoms with Crippen LogP contribution in [0.25, 0.3) is 0 Å². The van der Waals surface area contributed by atoms with Gasteiger partial charge in [-0.1, -0.05) is 43.1 Å². The van der Waals surface area contributed by atoms with Gasteiger partial charge >= 0.3 is 0 Å². The Morgan fingerprint density at radius 3 is 2.63 bits per heavy atom. The Bertz CT molecular complexity index is 1330. The number of hydrogen-bond donors (Lipinski definition) is 1. The summed E-state index contributed by atoms with van der Waals surface area (Å²) in [6, 6.07) is 15.6. The molecule has 2 aromatic heterocycles. The average Bonchev–Trinajstić information content (AvgIpc) is 3.41. The lowest BCUT2D eigenvalue weighted by molar-refractivity contribution is 0.0992. The first-order chi connectivity index (χ1) is 16.8. The van der Waals surface area contributed by atoms with Gasteiger partial charge in [0, 0.05) is 5.02 Å². The quantitative estimate of drug-likeness (QED) is 0.280. The van der Waals surface area contributed by atoms with Crippen molar-refractivity contribution in [1.29, 1.82) is 0 Å². The van der Waals surface area contributed by atoms with Crippen LogP contribution in [0.5, 0.6) is 5.75 Å². The lowest BCUT2D eigenvalue weighted by Gasteiger charge is -2.08. The molecule has 0 aliphatic rings. The van der Waals surface area contributed by atoms with E-state index in [1.807, 2.05) is 19.1 Å². The molecule has 0 fully saturated rings. The van der Waals surface area contributed by atoms with Gasteiger partial charge in [0.05, 0.1) is 23.6 Å². The topological polar surface area (TPSA) is 69.3 Å². The van der Waals surface area contributed by atoms with Gasteiger partial charge in [0.1, 0.15) is 23.9 Å². The zero-order valence-electron chi connectivity index (χ0n) is 19.9. The molecule has 0 aliphatic heterocycles. The number of amides is 1. The molecule has 6 nitrogen and oxygen atoms in total. The van der Waals surface area contributed by atoms with E-state index in [0.29, 0.717) is 28.7 Å². The number of aryl methyl sites for hydroxylation is 2. The van der Waals surface area contributed by atoms with E-state index >= 15 is 0 Å².